The standard InChI is InChI=1S/C15H15N5O5S2.Na/c1-15(12(13(22)23)19-10(21)7-11(19)27(15,24)25)8-26-14-16-17-18-20(14)9-5-3-2-4-6-9;/h2-6,11-12H,7-8H2,1H3,(H,22,23);/q;+1/p-1/t11-,12+,15+;/m1./s1. The maximum Gasteiger partial charge on any atom is 1.00 e. The number of carbonyl (C=O) groups is 2. The fourth-order valence-electron chi connectivity index (χ4n) is 3.46. The van der Waals surface area contributed by atoms with E-state index < -0.39 is 37.9 Å². The molecule has 10 nitrogen and oxygen atoms in total. The monoisotopic (exact) mass is 431 g/mol. The predicted octanol–water partition coefficient (Wildman–Crippen LogP) is -4.38. The third-order valence-corrected chi connectivity index (χ3v) is 9.18. The molecular formula is C15H14N5NaO5S2. The summed E-state index contributed by atoms with van der Waals surface area (Å²) in [5.74, 6) is -2.22. The maximum absolute atomic E-state index is 12.9. The van der Waals surface area contributed by atoms with Gasteiger partial charge in [0.25, 0.3) is 0 Å². The van der Waals surface area contributed by atoms with Crippen molar-refractivity contribution in [3.63, 3.8) is 0 Å². The van der Waals surface area contributed by atoms with E-state index >= 15 is 0 Å². The van der Waals surface area contributed by atoms with Crippen LogP contribution in [-0.4, -0.2) is 67.3 Å². The number of aliphatic carboxylic acids is 1. The zero-order chi connectivity index (χ0) is 19.4. The molecule has 142 valence electrons. The Morgan fingerprint density at radius 1 is 1.36 bits per heavy atom. The van der Waals surface area contributed by atoms with Gasteiger partial charge in [0.05, 0.1) is 24.1 Å². The Labute approximate surface area is 186 Å². The molecule has 0 spiro atoms. The molecule has 2 aliphatic heterocycles. The fourth-order valence-corrected chi connectivity index (χ4v) is 7.27. The normalized spacial score (nSPS) is 27.6. The summed E-state index contributed by atoms with van der Waals surface area (Å²) < 4.78 is 25.5. The second kappa shape index (κ2) is 7.41. The van der Waals surface area contributed by atoms with E-state index in [1.807, 2.05) is 6.07 Å². The molecule has 0 bridgehead atoms. The number of nitrogens with zero attached hydrogens (tertiary/aromatic N) is 5. The molecule has 0 aliphatic carbocycles. The van der Waals surface area contributed by atoms with Gasteiger partial charge < -0.3 is 14.8 Å². The van der Waals surface area contributed by atoms with Gasteiger partial charge in [0.1, 0.15) is 10.1 Å². The molecule has 0 saturated carbocycles. The molecule has 2 aromatic rings. The second-order valence-corrected chi connectivity index (χ2v) is 10.0. The average Bonchev–Trinajstić information content (AvgIpc) is 3.15. The molecule has 4 rings (SSSR count). The van der Waals surface area contributed by atoms with Gasteiger partial charge in [0.15, 0.2) is 9.84 Å². The minimum Gasteiger partial charge on any atom is -0.548 e. The van der Waals surface area contributed by atoms with Crippen molar-refractivity contribution in [3.8, 4) is 5.69 Å². The molecule has 3 heterocycles. The van der Waals surface area contributed by atoms with E-state index in [1.165, 1.54) is 11.6 Å². The zero-order valence-electron chi connectivity index (χ0n) is 15.0. The maximum atomic E-state index is 12.9. The fraction of sp³-hybridized carbons (Fsp3) is 0.400. The number of thioether (sulfide) groups is 1. The van der Waals surface area contributed by atoms with Gasteiger partial charge in [-0.25, -0.2) is 8.42 Å². The quantitative estimate of drug-likeness (QED) is 0.261. The number of hydrogen-bond donors (Lipinski definition) is 0. The van der Waals surface area contributed by atoms with Gasteiger partial charge in [-0.1, -0.05) is 30.0 Å². The molecule has 0 N–H and O–H groups in total. The Morgan fingerprint density at radius 2 is 2.04 bits per heavy atom. The Morgan fingerprint density at radius 3 is 2.64 bits per heavy atom. The van der Waals surface area contributed by atoms with Crippen LogP contribution in [0.15, 0.2) is 35.5 Å². The average molecular weight is 431 g/mol. The Kier molecular flexibility index (Phi) is 5.62. The molecule has 2 aliphatic rings. The van der Waals surface area contributed by atoms with Crippen molar-refractivity contribution >= 4 is 33.5 Å². The molecule has 1 aromatic carbocycles. The number of carboxylic acids is 1. The van der Waals surface area contributed by atoms with Crippen molar-refractivity contribution in [1.29, 1.82) is 0 Å². The van der Waals surface area contributed by atoms with Gasteiger partial charge in [-0.3, -0.25) is 4.79 Å². The van der Waals surface area contributed by atoms with E-state index in [-0.39, 0.29) is 41.7 Å². The van der Waals surface area contributed by atoms with Gasteiger partial charge in [0.2, 0.25) is 11.1 Å². The summed E-state index contributed by atoms with van der Waals surface area (Å²) in [4.78, 5) is 24.4. The van der Waals surface area contributed by atoms with Crippen LogP contribution in [0.2, 0.25) is 0 Å². The Bertz CT molecular complexity index is 1030. The minimum absolute atomic E-state index is 0. The number of rotatable bonds is 5. The van der Waals surface area contributed by atoms with E-state index in [9.17, 15) is 23.1 Å². The number of para-hydroxylation sites is 1. The SMILES string of the molecule is C[C@]1(CSc2nnnn2-c2ccccc2)[C@H](C(=O)[O-])N2C(=O)C[C@H]2S1(=O)=O.[Na+]. The van der Waals surface area contributed by atoms with E-state index in [1.54, 1.807) is 24.3 Å². The van der Waals surface area contributed by atoms with Crippen LogP contribution >= 0.6 is 11.8 Å². The number of hydrogen-bond acceptors (Lipinski definition) is 9. The molecule has 28 heavy (non-hydrogen) atoms. The molecule has 2 fully saturated rings. The second-order valence-electron chi connectivity index (χ2n) is 6.54. The van der Waals surface area contributed by atoms with Gasteiger partial charge >= 0.3 is 29.6 Å². The first-order valence-electron chi connectivity index (χ1n) is 7.99. The number of β-lactam (4-membered cyclic amide) rings is 1. The number of fused-ring (bicyclic) bond motifs is 1. The summed E-state index contributed by atoms with van der Waals surface area (Å²) in [5.41, 5.74) is 0.680. The van der Waals surface area contributed by atoms with Crippen LogP contribution in [0, 0.1) is 0 Å². The summed E-state index contributed by atoms with van der Waals surface area (Å²) >= 11 is 1.02. The minimum atomic E-state index is -3.90. The number of carbonyl (C=O) groups excluding carboxylic acids is 2. The number of tetrazole rings is 1. The van der Waals surface area contributed by atoms with Crippen LogP contribution in [0.5, 0.6) is 0 Å². The van der Waals surface area contributed by atoms with Crippen molar-refractivity contribution in [2.24, 2.45) is 0 Å². The largest absolute Gasteiger partial charge is 1.00 e. The number of sulfone groups is 1. The topological polar surface area (TPSA) is 138 Å². The van der Waals surface area contributed by atoms with Crippen LogP contribution in [0.1, 0.15) is 13.3 Å². The van der Waals surface area contributed by atoms with Gasteiger partial charge in [-0.15, -0.1) is 5.10 Å². The molecular weight excluding hydrogens is 417 g/mol. The number of amides is 1. The first-order chi connectivity index (χ1) is 12.8. The van der Waals surface area contributed by atoms with Crippen molar-refractivity contribution in [2.75, 3.05) is 5.75 Å². The van der Waals surface area contributed by atoms with Gasteiger partial charge in [0, 0.05) is 5.75 Å². The van der Waals surface area contributed by atoms with Crippen LogP contribution < -0.4 is 34.7 Å². The van der Waals surface area contributed by atoms with E-state index in [0.29, 0.717) is 10.8 Å². The Hall–Kier alpha value is -1.47. The van der Waals surface area contributed by atoms with E-state index in [0.717, 1.165) is 16.7 Å². The van der Waals surface area contributed by atoms with Gasteiger partial charge in [-0.05, 0) is 29.5 Å². The number of benzene rings is 1. The molecule has 1 amide bonds. The summed E-state index contributed by atoms with van der Waals surface area (Å²) in [5, 5.41) is 22.3. The molecule has 0 radical (unpaired) electrons. The molecule has 13 heteroatoms. The smallest absolute Gasteiger partial charge is 0.548 e. The third-order valence-electron chi connectivity index (χ3n) is 4.97. The summed E-state index contributed by atoms with van der Waals surface area (Å²) in [6.45, 7) is 1.33. The number of carboxylic acid groups (broad SMARTS) is 1. The third kappa shape index (κ3) is 2.98. The molecule has 1 aromatic heterocycles. The Balaban J connectivity index is 0.00000225. The first-order valence-corrected chi connectivity index (χ1v) is 10.5. The van der Waals surface area contributed by atoms with Crippen molar-refractivity contribution in [2.45, 2.75) is 34.7 Å². The van der Waals surface area contributed by atoms with Crippen LogP contribution in [0.4, 0.5) is 0 Å². The van der Waals surface area contributed by atoms with Crippen LogP contribution in [0.3, 0.4) is 0 Å². The zero-order valence-corrected chi connectivity index (χ0v) is 18.7. The van der Waals surface area contributed by atoms with Crippen molar-refractivity contribution in [3.05, 3.63) is 30.3 Å². The summed E-state index contributed by atoms with van der Waals surface area (Å²) in [6.07, 6.45) is -0.200. The van der Waals surface area contributed by atoms with E-state index in [4.69, 9.17) is 0 Å². The first kappa shape index (κ1) is 21.2. The molecule has 0 unspecified atom stereocenters. The van der Waals surface area contributed by atoms with Crippen LogP contribution in [0.25, 0.3) is 5.69 Å². The summed E-state index contributed by atoms with van der Waals surface area (Å²) in [7, 11) is -3.90. The van der Waals surface area contributed by atoms with E-state index in [2.05, 4.69) is 15.5 Å². The molecule has 2 saturated heterocycles. The number of aromatic nitrogens is 4. The predicted molar refractivity (Wildman–Crippen MR) is 91.2 cm³/mol. The van der Waals surface area contributed by atoms with Crippen LogP contribution in [-0.2, 0) is 19.4 Å². The summed E-state index contributed by atoms with van der Waals surface area (Å²) in [6, 6.07) is 7.46. The molecule has 3 atom stereocenters. The van der Waals surface area contributed by atoms with Crippen molar-refractivity contribution in [1.82, 2.24) is 25.1 Å². The van der Waals surface area contributed by atoms with Crippen molar-refractivity contribution < 1.29 is 52.7 Å². The van der Waals surface area contributed by atoms with Gasteiger partial charge in [-0.2, -0.15) is 4.68 Å².